The summed E-state index contributed by atoms with van der Waals surface area (Å²) >= 11 is 8.00. The molecule has 0 aliphatic heterocycles. The summed E-state index contributed by atoms with van der Waals surface area (Å²) in [4.78, 5) is 15.5. The molecule has 1 atom stereocenters. The lowest BCUT2D eigenvalue weighted by molar-refractivity contribution is -0.120. The van der Waals surface area contributed by atoms with Crippen LogP contribution in [-0.2, 0) is 9.53 Å². The van der Waals surface area contributed by atoms with Gasteiger partial charge in [0.1, 0.15) is 10.8 Å². The molecule has 6 nitrogen and oxygen atoms in total. The lowest BCUT2D eigenvalue weighted by Crippen LogP contribution is -2.36. The fourth-order valence-electron chi connectivity index (χ4n) is 3.36. The summed E-state index contributed by atoms with van der Waals surface area (Å²) in [5, 5.41) is 4.07. The first-order chi connectivity index (χ1) is 13.5. The van der Waals surface area contributed by atoms with Crippen LogP contribution in [0.4, 0.5) is 0 Å². The van der Waals surface area contributed by atoms with E-state index in [-0.39, 0.29) is 24.2 Å². The van der Waals surface area contributed by atoms with Crippen molar-refractivity contribution in [2.75, 3.05) is 13.2 Å². The van der Waals surface area contributed by atoms with Crippen LogP contribution in [0.25, 0.3) is 10.2 Å². The molecule has 0 spiro atoms. The maximum atomic E-state index is 11.1. The van der Waals surface area contributed by atoms with Gasteiger partial charge in [0.2, 0.25) is 5.91 Å². The SMILES string of the molecule is CCOc1nc2ccc(OC3CCC(OCC(C)NC(C)=O)CC3)c(Cl)c2s1. The van der Waals surface area contributed by atoms with Crippen LogP contribution in [0.5, 0.6) is 10.9 Å². The number of carbonyl (C=O) groups excluding carboxylic acids is 1. The number of halogens is 1. The number of hydrogen-bond donors (Lipinski definition) is 1. The highest BCUT2D eigenvalue weighted by atomic mass is 35.5. The van der Waals surface area contributed by atoms with Gasteiger partial charge in [-0.25, -0.2) is 4.98 Å². The first kappa shape index (κ1) is 21.1. The molecule has 2 aromatic rings. The van der Waals surface area contributed by atoms with E-state index < -0.39 is 0 Å². The van der Waals surface area contributed by atoms with Gasteiger partial charge in [-0.3, -0.25) is 4.79 Å². The molecule has 28 heavy (non-hydrogen) atoms. The van der Waals surface area contributed by atoms with E-state index in [4.69, 9.17) is 25.8 Å². The van der Waals surface area contributed by atoms with Crippen molar-refractivity contribution in [1.82, 2.24) is 10.3 Å². The Morgan fingerprint density at radius 3 is 2.71 bits per heavy atom. The fraction of sp³-hybridized carbons (Fsp3) is 0.600. The van der Waals surface area contributed by atoms with Gasteiger partial charge in [-0.1, -0.05) is 22.9 Å². The summed E-state index contributed by atoms with van der Waals surface area (Å²) in [5.41, 5.74) is 0.830. The summed E-state index contributed by atoms with van der Waals surface area (Å²) in [6.07, 6.45) is 4.05. The van der Waals surface area contributed by atoms with E-state index >= 15 is 0 Å². The molecular formula is C20H27ClN2O4S. The molecule has 1 amide bonds. The van der Waals surface area contributed by atoms with Gasteiger partial charge in [0.05, 0.1) is 35.6 Å². The van der Waals surface area contributed by atoms with Crippen molar-refractivity contribution in [2.24, 2.45) is 0 Å². The Labute approximate surface area is 174 Å². The number of nitrogens with one attached hydrogen (secondary N) is 1. The van der Waals surface area contributed by atoms with Crippen LogP contribution in [0.1, 0.15) is 46.5 Å². The maximum absolute atomic E-state index is 11.1. The lowest BCUT2D eigenvalue weighted by atomic mass is 9.95. The number of ether oxygens (including phenoxy) is 3. The lowest BCUT2D eigenvalue weighted by Gasteiger charge is -2.30. The second-order valence-electron chi connectivity index (χ2n) is 7.09. The van der Waals surface area contributed by atoms with Gasteiger partial charge in [0.15, 0.2) is 0 Å². The molecule has 1 saturated carbocycles. The summed E-state index contributed by atoms with van der Waals surface area (Å²) in [7, 11) is 0. The second-order valence-corrected chi connectivity index (χ2v) is 8.43. The third kappa shape index (κ3) is 5.49. The second kappa shape index (κ2) is 9.76. The molecule has 1 aliphatic carbocycles. The number of aromatic nitrogens is 1. The zero-order valence-electron chi connectivity index (χ0n) is 16.5. The normalized spacial score (nSPS) is 20.7. The van der Waals surface area contributed by atoms with Crippen molar-refractivity contribution in [3.63, 3.8) is 0 Å². The van der Waals surface area contributed by atoms with Crippen molar-refractivity contribution in [1.29, 1.82) is 0 Å². The van der Waals surface area contributed by atoms with Crippen molar-refractivity contribution in [2.45, 2.75) is 64.7 Å². The van der Waals surface area contributed by atoms with E-state index in [2.05, 4.69) is 10.3 Å². The molecular weight excluding hydrogens is 400 g/mol. The van der Waals surface area contributed by atoms with Crippen LogP contribution in [-0.4, -0.2) is 42.4 Å². The van der Waals surface area contributed by atoms with Gasteiger partial charge < -0.3 is 19.5 Å². The van der Waals surface area contributed by atoms with Crippen LogP contribution < -0.4 is 14.8 Å². The highest BCUT2D eigenvalue weighted by Crippen LogP contribution is 2.40. The van der Waals surface area contributed by atoms with Gasteiger partial charge in [0, 0.05) is 13.0 Å². The third-order valence-electron chi connectivity index (χ3n) is 4.66. The average molecular weight is 427 g/mol. The Morgan fingerprint density at radius 2 is 2.04 bits per heavy atom. The minimum absolute atomic E-state index is 0.0259. The minimum atomic E-state index is -0.0311. The quantitative estimate of drug-likeness (QED) is 0.669. The number of rotatable bonds is 8. The molecule has 1 fully saturated rings. The summed E-state index contributed by atoms with van der Waals surface area (Å²) in [6.45, 7) is 6.51. The standard InChI is InChI=1S/C20H27ClN2O4S/c1-4-25-20-23-16-9-10-17(18(21)19(16)28-20)27-15-7-5-14(6-8-15)26-11-12(2)22-13(3)24/h9-10,12,14-15H,4-8,11H2,1-3H3,(H,22,24). The number of thiazole rings is 1. The van der Waals surface area contributed by atoms with Crippen LogP contribution in [0.3, 0.4) is 0 Å². The first-order valence-electron chi connectivity index (χ1n) is 9.73. The first-order valence-corrected chi connectivity index (χ1v) is 10.9. The molecule has 1 aliphatic rings. The van der Waals surface area contributed by atoms with Gasteiger partial charge in [-0.05, 0) is 51.7 Å². The Hall–Kier alpha value is -1.57. The van der Waals surface area contributed by atoms with E-state index in [1.54, 1.807) is 0 Å². The van der Waals surface area contributed by atoms with Crippen LogP contribution in [0.2, 0.25) is 5.02 Å². The molecule has 3 rings (SSSR count). The number of nitrogens with zero attached hydrogens (tertiary/aromatic N) is 1. The fourth-order valence-corrected chi connectivity index (χ4v) is 4.59. The average Bonchev–Trinajstić information content (AvgIpc) is 3.07. The van der Waals surface area contributed by atoms with Crippen LogP contribution in [0.15, 0.2) is 12.1 Å². The molecule has 0 saturated heterocycles. The van der Waals surface area contributed by atoms with E-state index in [0.29, 0.717) is 29.2 Å². The number of amides is 1. The van der Waals surface area contributed by atoms with E-state index in [9.17, 15) is 4.79 Å². The summed E-state index contributed by atoms with van der Waals surface area (Å²) < 4.78 is 18.5. The van der Waals surface area contributed by atoms with Crippen LogP contribution in [0, 0.1) is 0 Å². The monoisotopic (exact) mass is 426 g/mol. The van der Waals surface area contributed by atoms with E-state index in [1.807, 2.05) is 26.0 Å². The number of carbonyl (C=O) groups is 1. The largest absolute Gasteiger partial charge is 0.489 e. The summed E-state index contributed by atoms with van der Waals surface area (Å²) in [5.74, 6) is 0.667. The molecule has 1 N–H and O–H groups in total. The molecule has 0 radical (unpaired) electrons. The maximum Gasteiger partial charge on any atom is 0.274 e. The predicted molar refractivity (Wildman–Crippen MR) is 112 cm³/mol. The molecule has 1 heterocycles. The van der Waals surface area contributed by atoms with Gasteiger partial charge in [0.25, 0.3) is 5.19 Å². The highest BCUT2D eigenvalue weighted by Gasteiger charge is 2.24. The molecule has 154 valence electrons. The third-order valence-corrected chi connectivity index (χ3v) is 6.14. The van der Waals surface area contributed by atoms with Crippen molar-refractivity contribution >= 4 is 39.1 Å². The highest BCUT2D eigenvalue weighted by molar-refractivity contribution is 7.20. The topological polar surface area (TPSA) is 69.7 Å². The Balaban J connectivity index is 1.52. The van der Waals surface area contributed by atoms with Crippen molar-refractivity contribution in [3.05, 3.63) is 17.2 Å². The zero-order valence-corrected chi connectivity index (χ0v) is 18.1. The minimum Gasteiger partial charge on any atom is -0.489 e. The smallest absolute Gasteiger partial charge is 0.274 e. The molecule has 0 bridgehead atoms. The van der Waals surface area contributed by atoms with E-state index in [0.717, 1.165) is 35.9 Å². The Kier molecular flexibility index (Phi) is 7.37. The van der Waals surface area contributed by atoms with Crippen LogP contribution >= 0.6 is 22.9 Å². The molecule has 1 aromatic heterocycles. The van der Waals surface area contributed by atoms with Gasteiger partial charge >= 0.3 is 0 Å². The predicted octanol–water partition coefficient (Wildman–Crippen LogP) is 4.58. The zero-order chi connectivity index (χ0) is 20.1. The summed E-state index contributed by atoms with van der Waals surface area (Å²) in [6, 6.07) is 3.84. The van der Waals surface area contributed by atoms with Gasteiger partial charge in [-0.15, -0.1) is 0 Å². The Morgan fingerprint density at radius 1 is 1.32 bits per heavy atom. The number of fused-ring (bicyclic) bond motifs is 1. The number of benzene rings is 1. The van der Waals surface area contributed by atoms with Crippen molar-refractivity contribution in [3.8, 4) is 10.9 Å². The number of hydrogen-bond acceptors (Lipinski definition) is 6. The van der Waals surface area contributed by atoms with E-state index in [1.165, 1.54) is 18.3 Å². The molecule has 1 unspecified atom stereocenters. The van der Waals surface area contributed by atoms with Crippen molar-refractivity contribution < 1.29 is 19.0 Å². The molecule has 8 heteroatoms. The Bertz CT molecular complexity index is 805. The van der Waals surface area contributed by atoms with Gasteiger partial charge in [-0.2, -0.15) is 0 Å². The molecule has 1 aromatic carbocycles.